The van der Waals surface area contributed by atoms with Crippen molar-refractivity contribution in [2.75, 3.05) is 19.0 Å². The van der Waals surface area contributed by atoms with Gasteiger partial charge in [-0.25, -0.2) is 5.43 Å². The fraction of sp³-hybridized carbons (Fsp3) is 0.120. The number of anilines is 1. The van der Waals surface area contributed by atoms with Crippen LogP contribution >= 0.6 is 23.2 Å². The number of carbonyl (C=O) groups excluding carboxylic acids is 3. The number of hydrogen-bond acceptors (Lipinski definition) is 6. The van der Waals surface area contributed by atoms with Crippen LogP contribution in [0.15, 0.2) is 71.8 Å². The summed E-state index contributed by atoms with van der Waals surface area (Å²) in [6.45, 7) is -0.0815. The molecular formula is C25H22Cl2N4O5. The first kappa shape index (κ1) is 26.5. The summed E-state index contributed by atoms with van der Waals surface area (Å²) < 4.78 is 10.6. The molecule has 0 saturated heterocycles. The lowest BCUT2D eigenvalue weighted by Crippen LogP contribution is -2.37. The maximum absolute atomic E-state index is 12.1. The molecule has 3 rings (SSSR count). The second-order valence-electron chi connectivity index (χ2n) is 7.26. The molecule has 186 valence electrons. The van der Waals surface area contributed by atoms with Crippen LogP contribution in [0.25, 0.3) is 0 Å². The normalized spacial score (nSPS) is 10.5. The predicted octanol–water partition coefficient (Wildman–Crippen LogP) is 3.79. The molecule has 0 saturated carbocycles. The number of hydrogen-bond donors (Lipinski definition) is 3. The fourth-order valence-electron chi connectivity index (χ4n) is 2.83. The van der Waals surface area contributed by atoms with E-state index in [-0.39, 0.29) is 13.2 Å². The Morgan fingerprint density at radius 1 is 0.944 bits per heavy atom. The molecule has 0 aromatic heterocycles. The van der Waals surface area contributed by atoms with Crippen LogP contribution in [0.3, 0.4) is 0 Å². The van der Waals surface area contributed by atoms with Crippen LogP contribution in [0.4, 0.5) is 5.69 Å². The summed E-state index contributed by atoms with van der Waals surface area (Å²) in [4.78, 5) is 36.1. The summed E-state index contributed by atoms with van der Waals surface area (Å²) in [5.74, 6) is -1.06. The Hall–Kier alpha value is -4.08. The minimum atomic E-state index is -0.912. The predicted molar refractivity (Wildman–Crippen MR) is 138 cm³/mol. The van der Waals surface area contributed by atoms with E-state index in [9.17, 15) is 14.4 Å². The number of halogens is 2. The molecule has 0 bridgehead atoms. The number of methoxy groups -OCH3 is 1. The number of nitrogens with one attached hydrogen (secondary N) is 3. The van der Waals surface area contributed by atoms with Gasteiger partial charge < -0.3 is 20.1 Å². The quantitative estimate of drug-likeness (QED) is 0.222. The van der Waals surface area contributed by atoms with Gasteiger partial charge >= 0.3 is 11.8 Å². The van der Waals surface area contributed by atoms with Crippen molar-refractivity contribution in [2.45, 2.75) is 6.54 Å². The summed E-state index contributed by atoms with van der Waals surface area (Å²) in [7, 11) is 1.56. The van der Waals surface area contributed by atoms with Gasteiger partial charge in [-0.3, -0.25) is 14.4 Å². The minimum Gasteiger partial charge on any atom is -0.497 e. The molecule has 3 amide bonds. The van der Waals surface area contributed by atoms with E-state index in [1.165, 1.54) is 12.3 Å². The maximum Gasteiger partial charge on any atom is 0.329 e. The molecule has 0 fully saturated rings. The van der Waals surface area contributed by atoms with Gasteiger partial charge in [0.25, 0.3) is 5.91 Å². The molecule has 3 aromatic carbocycles. The summed E-state index contributed by atoms with van der Waals surface area (Å²) >= 11 is 11.9. The number of carbonyl (C=O) groups is 3. The third-order valence-electron chi connectivity index (χ3n) is 4.63. The second-order valence-corrected chi connectivity index (χ2v) is 8.11. The Kier molecular flexibility index (Phi) is 9.67. The van der Waals surface area contributed by atoms with Crippen molar-refractivity contribution in [3.63, 3.8) is 0 Å². The van der Waals surface area contributed by atoms with Crippen LogP contribution < -0.4 is 25.5 Å². The molecule has 11 heteroatoms. The Morgan fingerprint density at radius 2 is 1.72 bits per heavy atom. The highest BCUT2D eigenvalue weighted by atomic mass is 35.5. The number of benzene rings is 3. The van der Waals surface area contributed by atoms with Gasteiger partial charge in [-0.2, -0.15) is 5.10 Å². The molecule has 0 radical (unpaired) electrons. The van der Waals surface area contributed by atoms with E-state index in [0.29, 0.717) is 32.8 Å². The zero-order valence-corrected chi connectivity index (χ0v) is 20.6. The largest absolute Gasteiger partial charge is 0.497 e. The van der Waals surface area contributed by atoms with Crippen molar-refractivity contribution in [1.82, 2.24) is 10.7 Å². The van der Waals surface area contributed by atoms with E-state index >= 15 is 0 Å². The van der Waals surface area contributed by atoms with Crippen LogP contribution in [0.2, 0.25) is 10.0 Å². The highest BCUT2D eigenvalue weighted by Gasteiger charge is 2.12. The first-order valence-electron chi connectivity index (χ1n) is 10.6. The van der Waals surface area contributed by atoms with E-state index in [2.05, 4.69) is 21.2 Å². The topological polar surface area (TPSA) is 118 Å². The van der Waals surface area contributed by atoms with E-state index < -0.39 is 17.7 Å². The van der Waals surface area contributed by atoms with E-state index in [4.69, 9.17) is 32.7 Å². The van der Waals surface area contributed by atoms with Gasteiger partial charge in [-0.15, -0.1) is 0 Å². The molecule has 0 aliphatic heterocycles. The molecular weight excluding hydrogens is 507 g/mol. The molecule has 9 nitrogen and oxygen atoms in total. The summed E-state index contributed by atoms with van der Waals surface area (Å²) in [5, 5.41) is 9.69. The average molecular weight is 529 g/mol. The molecule has 3 N–H and O–H groups in total. The van der Waals surface area contributed by atoms with Gasteiger partial charge in [0.2, 0.25) is 0 Å². The maximum atomic E-state index is 12.1. The third-order valence-corrected chi connectivity index (χ3v) is 5.18. The molecule has 0 heterocycles. The summed E-state index contributed by atoms with van der Waals surface area (Å²) in [6.07, 6.45) is 1.34. The van der Waals surface area contributed by atoms with Gasteiger partial charge in [0.05, 0.1) is 24.0 Å². The highest BCUT2D eigenvalue weighted by molar-refractivity contribution is 6.36. The Bertz CT molecular complexity index is 1270. The first-order valence-corrected chi connectivity index (χ1v) is 11.3. The Morgan fingerprint density at radius 3 is 2.44 bits per heavy atom. The molecule has 3 aromatic rings. The van der Waals surface area contributed by atoms with E-state index in [1.54, 1.807) is 67.8 Å². The highest BCUT2D eigenvalue weighted by Crippen LogP contribution is 2.25. The first-order chi connectivity index (χ1) is 17.3. The average Bonchev–Trinajstić information content (AvgIpc) is 2.88. The van der Waals surface area contributed by atoms with Crippen molar-refractivity contribution in [3.8, 4) is 11.5 Å². The van der Waals surface area contributed by atoms with Gasteiger partial charge in [0, 0.05) is 11.6 Å². The zero-order valence-electron chi connectivity index (χ0n) is 19.1. The molecule has 36 heavy (non-hydrogen) atoms. The van der Waals surface area contributed by atoms with Crippen molar-refractivity contribution in [3.05, 3.63) is 87.9 Å². The molecule has 0 aliphatic carbocycles. The SMILES string of the molecule is COc1ccc(CNC(=O)C(=O)N/N=C\c2cccc(OCC(=O)Nc3ccc(Cl)cc3Cl)c2)cc1. The van der Waals surface area contributed by atoms with Crippen LogP contribution in [-0.4, -0.2) is 37.7 Å². The zero-order chi connectivity index (χ0) is 25.9. The Balaban J connectivity index is 1.44. The van der Waals surface area contributed by atoms with Crippen molar-refractivity contribution >= 4 is 52.8 Å². The van der Waals surface area contributed by atoms with Gasteiger partial charge in [0.15, 0.2) is 6.61 Å². The van der Waals surface area contributed by atoms with Gasteiger partial charge in [0.1, 0.15) is 11.5 Å². The Labute approximate surface area is 217 Å². The standard InChI is InChI=1S/C25H22Cl2N4O5/c1-35-19-8-5-16(6-9-19)13-28-24(33)25(34)31-29-14-17-3-2-4-20(11-17)36-15-23(32)30-22-10-7-18(26)12-21(22)27/h2-12,14H,13,15H2,1H3,(H,28,33)(H,30,32)(H,31,34)/b29-14-. The van der Waals surface area contributed by atoms with Crippen LogP contribution in [-0.2, 0) is 20.9 Å². The van der Waals surface area contributed by atoms with Crippen LogP contribution in [0.5, 0.6) is 11.5 Å². The van der Waals surface area contributed by atoms with Crippen LogP contribution in [0.1, 0.15) is 11.1 Å². The van der Waals surface area contributed by atoms with E-state index in [1.807, 2.05) is 0 Å². The van der Waals surface area contributed by atoms with Gasteiger partial charge in [-0.05, 0) is 53.6 Å². The van der Waals surface area contributed by atoms with Crippen LogP contribution in [0, 0.1) is 0 Å². The monoisotopic (exact) mass is 528 g/mol. The third kappa shape index (κ3) is 8.30. The number of amides is 3. The molecule has 0 aliphatic rings. The van der Waals surface area contributed by atoms with Gasteiger partial charge in [-0.1, -0.05) is 47.5 Å². The minimum absolute atomic E-state index is 0.178. The number of hydrazone groups is 1. The summed E-state index contributed by atoms with van der Waals surface area (Å²) in [6, 6.07) is 18.5. The lowest BCUT2D eigenvalue weighted by atomic mass is 10.2. The van der Waals surface area contributed by atoms with Crippen molar-refractivity contribution in [1.29, 1.82) is 0 Å². The fourth-order valence-corrected chi connectivity index (χ4v) is 3.29. The second kappa shape index (κ2) is 13.1. The smallest absolute Gasteiger partial charge is 0.329 e. The van der Waals surface area contributed by atoms with E-state index in [0.717, 1.165) is 5.56 Å². The number of nitrogens with zero attached hydrogens (tertiary/aromatic N) is 1. The van der Waals surface area contributed by atoms with Crippen molar-refractivity contribution < 1.29 is 23.9 Å². The summed E-state index contributed by atoms with van der Waals surface area (Å²) in [5.41, 5.74) is 3.96. The number of ether oxygens (including phenoxy) is 2. The lowest BCUT2D eigenvalue weighted by molar-refractivity contribution is -0.139. The van der Waals surface area contributed by atoms with Crippen molar-refractivity contribution in [2.24, 2.45) is 5.10 Å². The lowest BCUT2D eigenvalue weighted by Gasteiger charge is -2.09. The molecule has 0 unspecified atom stereocenters. The molecule has 0 atom stereocenters. The molecule has 0 spiro atoms. The number of rotatable bonds is 9.